The van der Waals surface area contributed by atoms with Crippen molar-refractivity contribution < 1.29 is 14.6 Å². The molecule has 0 bridgehead atoms. The van der Waals surface area contributed by atoms with Crippen molar-refractivity contribution in [3.8, 4) is 0 Å². The first kappa shape index (κ1) is 9.77. The lowest BCUT2D eigenvalue weighted by molar-refractivity contribution is 0.0170. The molecule has 0 aliphatic rings. The topological polar surface area (TPSA) is 53.6 Å². The third-order valence-electron chi connectivity index (χ3n) is 1.65. The molecule has 2 unspecified atom stereocenters. The second kappa shape index (κ2) is 4.64. The number of alkyl halides is 1. The smallest absolute Gasteiger partial charge is 0.108 e. The quantitative estimate of drug-likeness (QED) is 0.776. The van der Waals surface area contributed by atoms with Crippen molar-refractivity contribution in [1.29, 1.82) is 0 Å². The number of hydrogen-bond donors (Lipinski definition) is 2. The summed E-state index contributed by atoms with van der Waals surface area (Å²) in [5.74, 6) is 0. The van der Waals surface area contributed by atoms with Crippen molar-refractivity contribution in [2.24, 2.45) is 0 Å². The van der Waals surface area contributed by atoms with E-state index in [9.17, 15) is 10.2 Å². The molecule has 0 aliphatic heterocycles. The van der Waals surface area contributed by atoms with E-state index in [-0.39, 0.29) is 0 Å². The summed E-state index contributed by atoms with van der Waals surface area (Å²) in [6.45, 7) is 0. The van der Waals surface area contributed by atoms with Gasteiger partial charge in [-0.3, -0.25) is 0 Å². The lowest BCUT2D eigenvalue weighted by Crippen LogP contribution is -2.17. The minimum Gasteiger partial charge on any atom is -0.472 e. The van der Waals surface area contributed by atoms with Crippen LogP contribution in [0.3, 0.4) is 0 Å². The molecule has 4 heteroatoms. The van der Waals surface area contributed by atoms with Gasteiger partial charge in [0.05, 0.1) is 18.6 Å². The van der Waals surface area contributed by atoms with Crippen LogP contribution in [-0.4, -0.2) is 21.6 Å². The lowest BCUT2D eigenvalue weighted by atomic mass is 10.1. The summed E-state index contributed by atoms with van der Waals surface area (Å²) in [5.41, 5.74) is 0.614. The third-order valence-corrected chi connectivity index (χ3v) is 2.11. The zero-order valence-corrected chi connectivity index (χ0v) is 8.07. The molecule has 12 heavy (non-hydrogen) atoms. The van der Waals surface area contributed by atoms with Crippen molar-refractivity contribution in [2.75, 3.05) is 5.33 Å². The van der Waals surface area contributed by atoms with Crippen molar-refractivity contribution >= 4 is 15.9 Å². The molecule has 68 valence electrons. The maximum absolute atomic E-state index is 9.48. The Kier molecular flexibility index (Phi) is 3.78. The van der Waals surface area contributed by atoms with E-state index < -0.39 is 12.2 Å². The predicted octanol–water partition coefficient (Wildman–Crippen LogP) is 1.46. The molecule has 0 saturated carbocycles. The SMILES string of the molecule is OC(CCBr)C(O)c1ccoc1. The molecule has 2 N–H and O–H groups in total. The van der Waals surface area contributed by atoms with Gasteiger partial charge in [-0.15, -0.1) is 0 Å². The molecule has 0 aliphatic carbocycles. The van der Waals surface area contributed by atoms with Gasteiger partial charge in [-0.05, 0) is 12.5 Å². The zero-order chi connectivity index (χ0) is 8.97. The Bertz CT molecular complexity index is 210. The zero-order valence-electron chi connectivity index (χ0n) is 6.48. The Hall–Kier alpha value is -0.320. The molecular weight excluding hydrogens is 224 g/mol. The van der Waals surface area contributed by atoms with Gasteiger partial charge in [-0.25, -0.2) is 0 Å². The van der Waals surface area contributed by atoms with Crippen LogP contribution < -0.4 is 0 Å². The molecule has 0 fully saturated rings. The minimum atomic E-state index is -0.846. The largest absolute Gasteiger partial charge is 0.472 e. The number of furan rings is 1. The number of aliphatic hydroxyl groups excluding tert-OH is 2. The monoisotopic (exact) mass is 234 g/mol. The number of halogens is 1. The maximum atomic E-state index is 9.48. The summed E-state index contributed by atoms with van der Waals surface area (Å²) in [5, 5.41) is 19.5. The van der Waals surface area contributed by atoms with Gasteiger partial charge in [0, 0.05) is 10.9 Å². The lowest BCUT2D eigenvalue weighted by Gasteiger charge is -2.14. The standard InChI is InChI=1S/C8H11BrO3/c9-3-1-7(10)8(11)6-2-4-12-5-6/h2,4-5,7-8,10-11H,1,3H2. The van der Waals surface area contributed by atoms with Crippen LogP contribution in [-0.2, 0) is 0 Å². The fraction of sp³-hybridized carbons (Fsp3) is 0.500. The van der Waals surface area contributed by atoms with E-state index in [1.165, 1.54) is 12.5 Å². The van der Waals surface area contributed by atoms with Gasteiger partial charge < -0.3 is 14.6 Å². The Morgan fingerprint density at radius 1 is 1.50 bits per heavy atom. The summed E-state index contributed by atoms with van der Waals surface area (Å²) in [6, 6.07) is 1.64. The van der Waals surface area contributed by atoms with E-state index in [1.807, 2.05) is 0 Å². The minimum absolute atomic E-state index is 0.520. The van der Waals surface area contributed by atoms with Crippen molar-refractivity contribution in [3.63, 3.8) is 0 Å². The first-order valence-electron chi connectivity index (χ1n) is 3.70. The highest BCUT2D eigenvalue weighted by atomic mass is 79.9. The maximum Gasteiger partial charge on any atom is 0.108 e. The van der Waals surface area contributed by atoms with Gasteiger partial charge in [0.1, 0.15) is 6.10 Å². The summed E-state index contributed by atoms with van der Waals surface area (Å²) in [6.07, 6.45) is 1.84. The van der Waals surface area contributed by atoms with Crippen molar-refractivity contribution in [1.82, 2.24) is 0 Å². The van der Waals surface area contributed by atoms with E-state index in [1.54, 1.807) is 6.07 Å². The number of aliphatic hydroxyl groups is 2. The highest BCUT2D eigenvalue weighted by molar-refractivity contribution is 9.09. The van der Waals surface area contributed by atoms with Gasteiger partial charge in [0.2, 0.25) is 0 Å². The van der Waals surface area contributed by atoms with Crippen LogP contribution in [0.5, 0.6) is 0 Å². The van der Waals surface area contributed by atoms with Crippen LogP contribution in [0.1, 0.15) is 18.1 Å². The Balaban J connectivity index is 2.53. The number of rotatable bonds is 4. The summed E-state index contributed by atoms with van der Waals surface area (Å²) in [4.78, 5) is 0. The molecule has 1 heterocycles. The molecule has 0 radical (unpaired) electrons. The average molecular weight is 235 g/mol. The van der Waals surface area contributed by atoms with E-state index in [0.717, 1.165) is 0 Å². The normalized spacial score (nSPS) is 15.9. The Morgan fingerprint density at radius 2 is 2.25 bits per heavy atom. The Morgan fingerprint density at radius 3 is 2.75 bits per heavy atom. The molecule has 0 amide bonds. The Labute approximate surface area is 79.1 Å². The summed E-state index contributed by atoms with van der Waals surface area (Å²) < 4.78 is 4.78. The second-order valence-corrected chi connectivity index (χ2v) is 3.34. The van der Waals surface area contributed by atoms with Gasteiger partial charge in [-0.2, -0.15) is 0 Å². The molecular formula is C8H11BrO3. The van der Waals surface area contributed by atoms with Crippen molar-refractivity contribution in [3.05, 3.63) is 24.2 Å². The fourth-order valence-electron chi connectivity index (χ4n) is 0.935. The van der Waals surface area contributed by atoms with Crippen LogP contribution in [0.25, 0.3) is 0 Å². The molecule has 1 aromatic heterocycles. The van der Waals surface area contributed by atoms with E-state index in [0.29, 0.717) is 17.3 Å². The molecule has 0 saturated heterocycles. The second-order valence-electron chi connectivity index (χ2n) is 2.55. The van der Waals surface area contributed by atoms with Gasteiger partial charge in [0.15, 0.2) is 0 Å². The van der Waals surface area contributed by atoms with Crippen LogP contribution in [0.15, 0.2) is 23.0 Å². The van der Waals surface area contributed by atoms with Crippen LogP contribution in [0, 0.1) is 0 Å². The van der Waals surface area contributed by atoms with Crippen LogP contribution >= 0.6 is 15.9 Å². The van der Waals surface area contributed by atoms with Crippen LogP contribution in [0.4, 0.5) is 0 Å². The predicted molar refractivity (Wildman–Crippen MR) is 48.1 cm³/mol. The first-order valence-corrected chi connectivity index (χ1v) is 4.82. The molecule has 3 nitrogen and oxygen atoms in total. The molecule has 1 rings (SSSR count). The van der Waals surface area contributed by atoms with Crippen LogP contribution in [0.2, 0.25) is 0 Å². The first-order chi connectivity index (χ1) is 5.75. The molecule has 0 aromatic carbocycles. The van der Waals surface area contributed by atoms with E-state index in [2.05, 4.69) is 15.9 Å². The van der Waals surface area contributed by atoms with Crippen molar-refractivity contribution in [2.45, 2.75) is 18.6 Å². The van der Waals surface area contributed by atoms with Gasteiger partial charge >= 0.3 is 0 Å². The summed E-state index contributed by atoms with van der Waals surface area (Å²) >= 11 is 3.19. The fourth-order valence-corrected chi connectivity index (χ4v) is 1.40. The van der Waals surface area contributed by atoms with Gasteiger partial charge in [0.25, 0.3) is 0 Å². The third kappa shape index (κ3) is 2.33. The average Bonchev–Trinajstić information content (AvgIpc) is 2.55. The number of hydrogen-bond acceptors (Lipinski definition) is 3. The molecule has 2 atom stereocenters. The molecule has 0 spiro atoms. The highest BCUT2D eigenvalue weighted by Crippen LogP contribution is 2.19. The highest BCUT2D eigenvalue weighted by Gasteiger charge is 2.18. The summed E-state index contributed by atoms with van der Waals surface area (Å²) in [7, 11) is 0. The van der Waals surface area contributed by atoms with E-state index >= 15 is 0 Å². The molecule has 1 aromatic rings. The van der Waals surface area contributed by atoms with E-state index in [4.69, 9.17) is 4.42 Å². The van der Waals surface area contributed by atoms with Gasteiger partial charge in [-0.1, -0.05) is 15.9 Å².